The van der Waals surface area contributed by atoms with Gasteiger partial charge in [-0.15, -0.1) is 10.2 Å². The van der Waals surface area contributed by atoms with Gasteiger partial charge in [0.1, 0.15) is 11.6 Å². The predicted molar refractivity (Wildman–Crippen MR) is 77.0 cm³/mol. The summed E-state index contributed by atoms with van der Waals surface area (Å²) in [5.41, 5.74) is 0.298. The van der Waals surface area contributed by atoms with Crippen LogP contribution in [0.25, 0.3) is 0 Å². The fraction of sp³-hybridized carbons (Fsp3) is 0.125. The quantitative estimate of drug-likeness (QED) is 0.804. The average molecular weight is 314 g/mol. The minimum atomic E-state index is -0.815. The monoisotopic (exact) mass is 314 g/mol. The minimum Gasteiger partial charge on any atom is -0.465 e. The van der Waals surface area contributed by atoms with Gasteiger partial charge in [0, 0.05) is 5.57 Å². The van der Waals surface area contributed by atoms with Gasteiger partial charge in [0.2, 0.25) is 5.88 Å². The first-order chi connectivity index (χ1) is 11.1. The standard InChI is InChI=1S/C16H11FN2O4/c1-22-16(21)12-8-9(6-7-13(12)17)23-15-11-5-3-2-4-10(11)14(20)18-19-15/h2-8,10H,1H3. The average Bonchev–Trinajstić information content (AvgIpc) is 2.58. The second kappa shape index (κ2) is 5.96. The summed E-state index contributed by atoms with van der Waals surface area (Å²) in [5.74, 6) is -2.16. The molecule has 0 fully saturated rings. The smallest absolute Gasteiger partial charge is 0.340 e. The van der Waals surface area contributed by atoms with E-state index in [1.165, 1.54) is 12.1 Å². The van der Waals surface area contributed by atoms with Crippen LogP contribution in [0.1, 0.15) is 10.4 Å². The lowest BCUT2D eigenvalue weighted by Crippen LogP contribution is -2.19. The number of hydrogen-bond acceptors (Lipinski definition) is 5. The highest BCUT2D eigenvalue weighted by Crippen LogP contribution is 2.30. The molecule has 2 aliphatic rings. The Labute approximate surface area is 130 Å². The van der Waals surface area contributed by atoms with Crippen molar-refractivity contribution in [2.45, 2.75) is 0 Å². The molecule has 0 spiro atoms. The number of esters is 1. The van der Waals surface area contributed by atoms with Gasteiger partial charge >= 0.3 is 5.97 Å². The molecular formula is C16H11FN2O4. The molecule has 1 heterocycles. The van der Waals surface area contributed by atoms with E-state index in [-0.39, 0.29) is 23.1 Å². The molecule has 0 saturated heterocycles. The van der Waals surface area contributed by atoms with E-state index in [1.54, 1.807) is 24.3 Å². The third-order valence-electron chi connectivity index (χ3n) is 3.34. The summed E-state index contributed by atoms with van der Waals surface area (Å²) in [7, 11) is 1.16. The highest BCUT2D eigenvalue weighted by molar-refractivity contribution is 5.90. The summed E-state index contributed by atoms with van der Waals surface area (Å²) >= 11 is 0. The van der Waals surface area contributed by atoms with Crippen molar-refractivity contribution in [3.8, 4) is 5.75 Å². The van der Waals surface area contributed by atoms with E-state index < -0.39 is 17.7 Å². The van der Waals surface area contributed by atoms with Gasteiger partial charge in [-0.1, -0.05) is 24.3 Å². The molecule has 3 rings (SSSR count). The number of benzene rings is 1. The van der Waals surface area contributed by atoms with Crippen LogP contribution in [0.5, 0.6) is 5.75 Å². The fourth-order valence-corrected chi connectivity index (χ4v) is 2.20. The molecule has 1 aromatic carbocycles. The summed E-state index contributed by atoms with van der Waals surface area (Å²) in [4.78, 5) is 23.2. The zero-order valence-corrected chi connectivity index (χ0v) is 12.0. The number of azo groups is 1. The maximum atomic E-state index is 13.6. The highest BCUT2D eigenvalue weighted by Gasteiger charge is 2.28. The van der Waals surface area contributed by atoms with Gasteiger partial charge in [-0.3, -0.25) is 4.79 Å². The summed E-state index contributed by atoms with van der Waals surface area (Å²) in [5, 5.41) is 7.28. The molecule has 6 nitrogen and oxygen atoms in total. The molecule has 116 valence electrons. The Morgan fingerprint density at radius 2 is 2.09 bits per heavy atom. The van der Waals surface area contributed by atoms with Gasteiger partial charge < -0.3 is 9.47 Å². The number of carbonyl (C=O) groups is 2. The van der Waals surface area contributed by atoms with Gasteiger partial charge in [0.15, 0.2) is 0 Å². The van der Waals surface area contributed by atoms with Crippen molar-refractivity contribution in [2.24, 2.45) is 16.1 Å². The Bertz CT molecular complexity index is 808. The van der Waals surface area contributed by atoms with Gasteiger partial charge in [0.05, 0.1) is 18.6 Å². The Hall–Kier alpha value is -3.09. The van der Waals surface area contributed by atoms with Crippen molar-refractivity contribution in [2.75, 3.05) is 7.11 Å². The van der Waals surface area contributed by atoms with Crippen molar-refractivity contribution >= 4 is 11.9 Å². The molecule has 1 aliphatic heterocycles. The number of halogens is 1. The number of methoxy groups -OCH3 is 1. The summed E-state index contributed by atoms with van der Waals surface area (Å²) < 4.78 is 23.7. The molecule has 23 heavy (non-hydrogen) atoms. The van der Waals surface area contributed by atoms with E-state index in [4.69, 9.17) is 4.74 Å². The molecule has 0 radical (unpaired) electrons. The number of carbonyl (C=O) groups excluding carboxylic acids is 2. The number of amides is 1. The summed E-state index contributed by atoms with van der Waals surface area (Å²) in [6.45, 7) is 0. The lowest BCUT2D eigenvalue weighted by Gasteiger charge is -2.19. The van der Waals surface area contributed by atoms with E-state index >= 15 is 0 Å². The first-order valence-corrected chi connectivity index (χ1v) is 6.70. The molecule has 0 bridgehead atoms. The molecule has 7 heteroatoms. The van der Waals surface area contributed by atoms with Gasteiger partial charge in [-0.2, -0.15) is 0 Å². The van der Waals surface area contributed by atoms with Crippen LogP contribution >= 0.6 is 0 Å². The molecule has 0 N–H and O–H groups in total. The number of nitrogens with zero attached hydrogens (tertiary/aromatic N) is 2. The van der Waals surface area contributed by atoms with Crippen molar-refractivity contribution in [3.63, 3.8) is 0 Å². The Balaban J connectivity index is 1.94. The van der Waals surface area contributed by atoms with Crippen molar-refractivity contribution in [3.05, 3.63) is 65.3 Å². The van der Waals surface area contributed by atoms with Gasteiger partial charge in [-0.05, 0) is 18.2 Å². The Kier molecular flexibility index (Phi) is 3.84. The number of hydrogen-bond donors (Lipinski definition) is 0. The van der Waals surface area contributed by atoms with E-state index in [1.807, 2.05) is 0 Å². The first kappa shape index (κ1) is 14.8. The SMILES string of the molecule is COC(=O)c1cc(OC2=C3C=CC=CC3C(=O)N=N2)ccc1F. The summed E-state index contributed by atoms with van der Waals surface area (Å²) in [6.07, 6.45) is 6.86. The van der Waals surface area contributed by atoms with Crippen LogP contribution in [-0.2, 0) is 9.53 Å². The lowest BCUT2D eigenvalue weighted by atomic mass is 9.93. The molecule has 1 aliphatic carbocycles. The van der Waals surface area contributed by atoms with Crippen LogP contribution in [0, 0.1) is 11.7 Å². The van der Waals surface area contributed by atoms with Crippen LogP contribution in [0.3, 0.4) is 0 Å². The predicted octanol–water partition coefficient (Wildman–Crippen LogP) is 2.94. The number of rotatable bonds is 3. The Morgan fingerprint density at radius 3 is 2.87 bits per heavy atom. The van der Waals surface area contributed by atoms with E-state index in [0.717, 1.165) is 13.2 Å². The summed E-state index contributed by atoms with van der Waals surface area (Å²) in [6, 6.07) is 3.64. The second-order valence-corrected chi connectivity index (χ2v) is 4.76. The minimum absolute atomic E-state index is 0.123. The second-order valence-electron chi connectivity index (χ2n) is 4.76. The molecule has 1 aromatic rings. The van der Waals surface area contributed by atoms with E-state index in [2.05, 4.69) is 15.0 Å². The van der Waals surface area contributed by atoms with Crippen LogP contribution in [-0.4, -0.2) is 19.0 Å². The molecular weight excluding hydrogens is 303 g/mol. The topological polar surface area (TPSA) is 77.3 Å². The maximum Gasteiger partial charge on any atom is 0.340 e. The first-order valence-electron chi connectivity index (χ1n) is 6.70. The molecule has 0 aromatic heterocycles. The molecule has 1 amide bonds. The van der Waals surface area contributed by atoms with Crippen LogP contribution in [0.15, 0.2) is 64.2 Å². The third-order valence-corrected chi connectivity index (χ3v) is 3.34. The van der Waals surface area contributed by atoms with Crippen molar-refractivity contribution in [1.29, 1.82) is 0 Å². The largest absolute Gasteiger partial charge is 0.465 e. The van der Waals surface area contributed by atoms with Gasteiger partial charge in [0.25, 0.3) is 5.91 Å². The van der Waals surface area contributed by atoms with Crippen LogP contribution in [0.2, 0.25) is 0 Å². The van der Waals surface area contributed by atoms with E-state index in [9.17, 15) is 14.0 Å². The number of allylic oxidation sites excluding steroid dienone is 3. The zero-order valence-electron chi connectivity index (χ0n) is 12.0. The molecule has 0 saturated carbocycles. The van der Waals surface area contributed by atoms with Gasteiger partial charge in [-0.25, -0.2) is 9.18 Å². The Morgan fingerprint density at radius 1 is 1.26 bits per heavy atom. The van der Waals surface area contributed by atoms with Crippen molar-refractivity contribution < 1.29 is 23.5 Å². The normalized spacial score (nSPS) is 18.9. The zero-order chi connectivity index (χ0) is 16.4. The molecule has 1 unspecified atom stereocenters. The third kappa shape index (κ3) is 2.80. The number of fused-ring (bicyclic) bond motifs is 1. The number of ether oxygens (including phenoxy) is 2. The van der Waals surface area contributed by atoms with E-state index in [0.29, 0.717) is 5.57 Å². The maximum absolute atomic E-state index is 13.6. The lowest BCUT2D eigenvalue weighted by molar-refractivity contribution is -0.120. The van der Waals surface area contributed by atoms with Crippen molar-refractivity contribution in [1.82, 2.24) is 0 Å². The fourth-order valence-electron chi connectivity index (χ4n) is 2.20. The van der Waals surface area contributed by atoms with Crippen LogP contribution in [0.4, 0.5) is 4.39 Å². The highest BCUT2D eigenvalue weighted by atomic mass is 19.1. The van der Waals surface area contributed by atoms with Crippen LogP contribution < -0.4 is 4.74 Å². The molecule has 1 atom stereocenters.